The van der Waals surface area contributed by atoms with Gasteiger partial charge in [-0.1, -0.05) is 45.9 Å². The van der Waals surface area contributed by atoms with Gasteiger partial charge in [-0.25, -0.2) is 0 Å². The molecule has 1 aliphatic carbocycles. The van der Waals surface area contributed by atoms with Crippen LogP contribution in [0.3, 0.4) is 0 Å². The van der Waals surface area contributed by atoms with Crippen LogP contribution in [0.4, 0.5) is 0 Å². The van der Waals surface area contributed by atoms with Gasteiger partial charge >= 0.3 is 0 Å². The second-order valence-electron chi connectivity index (χ2n) is 10.8. The summed E-state index contributed by atoms with van der Waals surface area (Å²) in [4.78, 5) is 2.61. The Morgan fingerprint density at radius 1 is 0.931 bits per heavy atom. The van der Waals surface area contributed by atoms with Crippen molar-refractivity contribution in [3.8, 4) is 5.75 Å². The van der Waals surface area contributed by atoms with Crippen LogP contribution < -0.4 is 4.74 Å². The molecular weight excluding hydrogens is 354 g/mol. The molecule has 1 unspecified atom stereocenters. The topological polar surface area (TPSA) is 12.5 Å². The van der Waals surface area contributed by atoms with E-state index in [0.717, 1.165) is 24.1 Å². The third-order valence-electron chi connectivity index (χ3n) is 7.23. The molecule has 0 amide bonds. The zero-order chi connectivity index (χ0) is 20.4. The van der Waals surface area contributed by atoms with Gasteiger partial charge in [0.25, 0.3) is 0 Å². The van der Waals surface area contributed by atoms with Crippen molar-refractivity contribution >= 4 is 10.8 Å². The van der Waals surface area contributed by atoms with Crippen LogP contribution in [0.15, 0.2) is 36.4 Å². The van der Waals surface area contributed by atoms with Gasteiger partial charge in [-0.2, -0.15) is 0 Å². The molecule has 158 valence electrons. The molecule has 4 rings (SSSR count). The van der Waals surface area contributed by atoms with Crippen molar-refractivity contribution in [3.05, 3.63) is 42.0 Å². The van der Waals surface area contributed by atoms with Crippen LogP contribution in [0.2, 0.25) is 0 Å². The molecule has 2 aliphatic rings. The van der Waals surface area contributed by atoms with Crippen LogP contribution in [-0.4, -0.2) is 24.1 Å². The van der Waals surface area contributed by atoms with Gasteiger partial charge in [0, 0.05) is 13.1 Å². The number of rotatable bonds is 4. The van der Waals surface area contributed by atoms with Crippen molar-refractivity contribution in [2.75, 3.05) is 13.1 Å². The lowest BCUT2D eigenvalue weighted by molar-refractivity contribution is 0.0883. The minimum atomic E-state index is 0.381. The quantitative estimate of drug-likeness (QED) is 0.551. The summed E-state index contributed by atoms with van der Waals surface area (Å²) in [5.41, 5.74) is 1.86. The van der Waals surface area contributed by atoms with E-state index in [0.29, 0.717) is 11.5 Å². The Kier molecular flexibility index (Phi) is 6.20. The minimum absolute atomic E-state index is 0.381. The molecule has 1 saturated carbocycles. The highest BCUT2D eigenvalue weighted by molar-refractivity contribution is 5.84. The Morgan fingerprint density at radius 3 is 2.38 bits per heavy atom. The molecule has 0 aromatic heterocycles. The van der Waals surface area contributed by atoms with Crippen molar-refractivity contribution in [2.45, 2.75) is 78.9 Å². The molecule has 1 saturated heterocycles. The normalized spacial score (nSPS) is 26.6. The molecule has 0 bridgehead atoms. The Balaban J connectivity index is 1.37. The van der Waals surface area contributed by atoms with E-state index < -0.39 is 0 Å². The second kappa shape index (κ2) is 8.68. The van der Waals surface area contributed by atoms with E-state index in [2.05, 4.69) is 69.0 Å². The summed E-state index contributed by atoms with van der Waals surface area (Å²) in [7, 11) is 0. The number of piperidine rings is 1. The molecule has 2 fully saturated rings. The number of hydrogen-bond acceptors (Lipinski definition) is 2. The van der Waals surface area contributed by atoms with E-state index in [9.17, 15) is 0 Å². The Labute approximate surface area is 177 Å². The highest BCUT2D eigenvalue weighted by Crippen LogP contribution is 2.39. The summed E-state index contributed by atoms with van der Waals surface area (Å²) in [5.74, 6) is 2.71. The fraction of sp³-hybridized carbons (Fsp3) is 0.630. The molecule has 1 aliphatic heterocycles. The number of likely N-dealkylation sites (tertiary alicyclic amines) is 1. The van der Waals surface area contributed by atoms with Gasteiger partial charge in [0.15, 0.2) is 0 Å². The molecule has 29 heavy (non-hydrogen) atoms. The maximum Gasteiger partial charge on any atom is 0.120 e. The third kappa shape index (κ3) is 5.34. The maximum absolute atomic E-state index is 6.38. The van der Waals surface area contributed by atoms with Gasteiger partial charge in [-0.05, 0) is 96.9 Å². The van der Waals surface area contributed by atoms with E-state index in [-0.39, 0.29) is 0 Å². The fourth-order valence-corrected chi connectivity index (χ4v) is 5.37. The molecule has 0 N–H and O–H groups in total. The molecule has 2 nitrogen and oxygen atoms in total. The standard InChI is InChI=1S/C27H39NO/c1-20-6-5-15-28(18-20)19-21-7-8-23-17-26(12-9-22(23)16-21)29-25-13-10-24(11-14-25)27(2,3)4/h7-9,12,16-17,20,24-25H,5-6,10-11,13-15,18-19H2,1-4H3. The molecule has 0 radical (unpaired) electrons. The second-order valence-corrected chi connectivity index (χ2v) is 10.8. The smallest absolute Gasteiger partial charge is 0.120 e. The highest BCUT2D eigenvalue weighted by Gasteiger charge is 2.30. The van der Waals surface area contributed by atoms with Gasteiger partial charge in [0.05, 0.1) is 6.10 Å². The molecule has 1 atom stereocenters. The number of fused-ring (bicyclic) bond motifs is 1. The van der Waals surface area contributed by atoms with E-state index in [1.165, 1.54) is 68.0 Å². The van der Waals surface area contributed by atoms with E-state index >= 15 is 0 Å². The van der Waals surface area contributed by atoms with Crippen LogP contribution >= 0.6 is 0 Å². The summed E-state index contributed by atoms with van der Waals surface area (Å²) >= 11 is 0. The maximum atomic E-state index is 6.38. The van der Waals surface area contributed by atoms with Gasteiger partial charge in [0.1, 0.15) is 5.75 Å². The molecule has 2 heteroatoms. The van der Waals surface area contributed by atoms with Gasteiger partial charge in [-0.15, -0.1) is 0 Å². The Morgan fingerprint density at radius 2 is 1.66 bits per heavy atom. The van der Waals surface area contributed by atoms with E-state index in [1.807, 2.05) is 0 Å². The molecule has 2 aromatic rings. The lowest BCUT2D eigenvalue weighted by Gasteiger charge is -2.37. The first-order valence-corrected chi connectivity index (χ1v) is 11.8. The predicted molar refractivity (Wildman–Crippen MR) is 123 cm³/mol. The van der Waals surface area contributed by atoms with Gasteiger partial charge in [-0.3, -0.25) is 4.90 Å². The van der Waals surface area contributed by atoms with Crippen molar-refractivity contribution in [1.29, 1.82) is 0 Å². The first-order chi connectivity index (χ1) is 13.9. The van der Waals surface area contributed by atoms with Crippen LogP contribution in [0, 0.1) is 17.3 Å². The highest BCUT2D eigenvalue weighted by atomic mass is 16.5. The largest absolute Gasteiger partial charge is 0.490 e. The van der Waals surface area contributed by atoms with E-state index in [1.54, 1.807) is 0 Å². The average Bonchev–Trinajstić information content (AvgIpc) is 2.68. The number of ether oxygens (including phenoxy) is 1. The van der Waals surface area contributed by atoms with Crippen molar-refractivity contribution in [3.63, 3.8) is 0 Å². The molecule has 0 spiro atoms. The van der Waals surface area contributed by atoms with Crippen LogP contribution in [0.1, 0.15) is 71.8 Å². The van der Waals surface area contributed by atoms with Crippen molar-refractivity contribution in [1.82, 2.24) is 4.90 Å². The van der Waals surface area contributed by atoms with Crippen molar-refractivity contribution in [2.24, 2.45) is 17.3 Å². The van der Waals surface area contributed by atoms with Gasteiger partial charge < -0.3 is 4.74 Å². The lowest BCUT2D eigenvalue weighted by atomic mass is 9.72. The van der Waals surface area contributed by atoms with Crippen LogP contribution in [-0.2, 0) is 6.54 Å². The van der Waals surface area contributed by atoms with E-state index in [4.69, 9.17) is 4.74 Å². The zero-order valence-corrected chi connectivity index (χ0v) is 18.9. The van der Waals surface area contributed by atoms with Crippen LogP contribution in [0.5, 0.6) is 5.75 Å². The summed E-state index contributed by atoms with van der Waals surface area (Å²) in [6.07, 6.45) is 8.06. The number of hydrogen-bond donors (Lipinski definition) is 0. The van der Waals surface area contributed by atoms with Gasteiger partial charge in [0.2, 0.25) is 0 Å². The minimum Gasteiger partial charge on any atom is -0.490 e. The Hall–Kier alpha value is -1.54. The molecular formula is C27H39NO. The molecule has 1 heterocycles. The molecule has 2 aromatic carbocycles. The lowest BCUT2D eigenvalue weighted by Crippen LogP contribution is -2.33. The van der Waals surface area contributed by atoms with Crippen molar-refractivity contribution < 1.29 is 4.74 Å². The SMILES string of the molecule is CC1CCCN(Cc2ccc3cc(OC4CCC(C(C)(C)C)CC4)ccc3c2)C1. The van der Waals surface area contributed by atoms with Crippen LogP contribution in [0.25, 0.3) is 10.8 Å². The Bertz CT molecular complexity index is 813. The zero-order valence-electron chi connectivity index (χ0n) is 18.9. The number of nitrogens with zero attached hydrogens (tertiary/aromatic N) is 1. The number of benzene rings is 2. The first-order valence-electron chi connectivity index (χ1n) is 11.8. The summed E-state index contributed by atoms with van der Waals surface area (Å²) in [6, 6.07) is 13.6. The monoisotopic (exact) mass is 393 g/mol. The first kappa shape index (κ1) is 20.7. The fourth-order valence-electron chi connectivity index (χ4n) is 5.37. The predicted octanol–water partition coefficient (Wildman–Crippen LogP) is 7.06. The summed E-state index contributed by atoms with van der Waals surface area (Å²) < 4.78 is 6.38. The summed E-state index contributed by atoms with van der Waals surface area (Å²) in [6.45, 7) is 13.1. The summed E-state index contributed by atoms with van der Waals surface area (Å²) in [5, 5.41) is 2.62. The third-order valence-corrected chi connectivity index (χ3v) is 7.23. The average molecular weight is 394 g/mol.